The van der Waals surface area contributed by atoms with Gasteiger partial charge in [-0.2, -0.15) is 0 Å². The fourth-order valence-electron chi connectivity index (χ4n) is 2.71. The van der Waals surface area contributed by atoms with Crippen LogP contribution in [-0.4, -0.2) is 11.7 Å². The topological polar surface area (TPSA) is 14.2 Å². The highest BCUT2D eigenvalue weighted by Crippen LogP contribution is 2.37. The van der Waals surface area contributed by atoms with Gasteiger partial charge in [0.2, 0.25) is 0 Å². The zero-order chi connectivity index (χ0) is 13.4. The van der Waals surface area contributed by atoms with Gasteiger partial charge in [0.15, 0.2) is 0 Å². The van der Waals surface area contributed by atoms with Crippen LogP contribution in [0.15, 0.2) is 24.3 Å². The summed E-state index contributed by atoms with van der Waals surface area (Å²) in [6.07, 6.45) is 2.38. The third-order valence-electron chi connectivity index (χ3n) is 3.61. The highest BCUT2D eigenvalue weighted by Gasteiger charge is 2.13. The van der Waals surface area contributed by atoms with Crippen LogP contribution in [0.1, 0.15) is 25.1 Å². The molecule has 3 heteroatoms. The van der Waals surface area contributed by atoms with E-state index >= 15 is 0 Å². The molecule has 2 aromatic heterocycles. The lowest BCUT2D eigenvalue weighted by Gasteiger charge is -2.03. The number of thiophene rings is 1. The minimum absolute atomic E-state index is 0.936. The van der Waals surface area contributed by atoms with Gasteiger partial charge in [-0.15, -0.1) is 11.3 Å². The first-order valence-electron chi connectivity index (χ1n) is 6.87. The molecule has 2 heterocycles. The van der Waals surface area contributed by atoms with Gasteiger partial charge in [0.05, 0.1) is 7.11 Å². The molecule has 0 saturated carbocycles. The predicted octanol–water partition coefficient (Wildman–Crippen LogP) is 4.84. The van der Waals surface area contributed by atoms with Crippen molar-refractivity contribution in [2.24, 2.45) is 0 Å². The molecule has 0 aliphatic rings. The molecule has 100 valence electrons. The van der Waals surface area contributed by atoms with Gasteiger partial charge in [0.25, 0.3) is 0 Å². The molecular formula is C16H19NOS. The van der Waals surface area contributed by atoms with Crippen molar-refractivity contribution in [3.63, 3.8) is 0 Å². The fraction of sp³-hybridized carbons (Fsp3) is 0.375. The lowest BCUT2D eigenvalue weighted by molar-refractivity contribution is 0.415. The van der Waals surface area contributed by atoms with Crippen LogP contribution in [0.3, 0.4) is 0 Å². The van der Waals surface area contributed by atoms with E-state index in [4.69, 9.17) is 4.74 Å². The highest BCUT2D eigenvalue weighted by molar-refractivity contribution is 7.19. The molecule has 0 radical (unpaired) electrons. The Kier molecular flexibility index (Phi) is 3.23. The number of hydrogen-bond acceptors (Lipinski definition) is 2. The smallest absolute Gasteiger partial charge is 0.119 e. The standard InChI is InChI=1S/C16H19NOS/c1-4-6-12-10-14-13-9-11(18-3)7-8-15(13)17(5-2)16(14)19-12/h7-10H,4-6H2,1-3H3. The number of aromatic nitrogens is 1. The van der Waals surface area contributed by atoms with E-state index in [1.807, 2.05) is 17.4 Å². The van der Waals surface area contributed by atoms with Gasteiger partial charge in [-0.1, -0.05) is 13.3 Å². The molecule has 0 N–H and O–H groups in total. The van der Waals surface area contributed by atoms with Crippen molar-refractivity contribution in [2.45, 2.75) is 33.2 Å². The maximum absolute atomic E-state index is 5.36. The number of rotatable bonds is 4. The molecule has 3 rings (SSSR count). The van der Waals surface area contributed by atoms with Crippen molar-refractivity contribution in [1.29, 1.82) is 0 Å². The summed E-state index contributed by atoms with van der Waals surface area (Å²) in [4.78, 5) is 2.88. The summed E-state index contributed by atoms with van der Waals surface area (Å²) in [5, 5.41) is 2.69. The van der Waals surface area contributed by atoms with Gasteiger partial charge in [0, 0.05) is 27.7 Å². The highest BCUT2D eigenvalue weighted by atomic mass is 32.1. The van der Waals surface area contributed by atoms with Crippen molar-refractivity contribution in [2.75, 3.05) is 7.11 Å². The van der Waals surface area contributed by atoms with Crippen molar-refractivity contribution in [1.82, 2.24) is 4.57 Å². The molecule has 2 nitrogen and oxygen atoms in total. The zero-order valence-electron chi connectivity index (χ0n) is 11.7. The van der Waals surface area contributed by atoms with E-state index in [2.05, 4.69) is 36.6 Å². The third-order valence-corrected chi connectivity index (χ3v) is 4.82. The van der Waals surface area contributed by atoms with Crippen LogP contribution < -0.4 is 4.74 Å². The number of fused-ring (bicyclic) bond motifs is 3. The maximum atomic E-state index is 5.36. The maximum Gasteiger partial charge on any atom is 0.119 e. The first-order chi connectivity index (χ1) is 9.28. The predicted molar refractivity (Wildman–Crippen MR) is 83.5 cm³/mol. The van der Waals surface area contributed by atoms with Gasteiger partial charge in [-0.25, -0.2) is 0 Å². The first kappa shape index (κ1) is 12.5. The van der Waals surface area contributed by atoms with E-state index in [-0.39, 0.29) is 0 Å². The van der Waals surface area contributed by atoms with Crippen LogP contribution in [0.4, 0.5) is 0 Å². The second-order valence-corrected chi connectivity index (χ2v) is 5.92. The molecule has 0 fully saturated rings. The Balaban J connectivity index is 2.32. The van der Waals surface area contributed by atoms with Crippen molar-refractivity contribution in [3.8, 4) is 5.75 Å². The second kappa shape index (κ2) is 4.89. The normalized spacial score (nSPS) is 11.5. The summed E-state index contributed by atoms with van der Waals surface area (Å²) in [5.74, 6) is 0.936. The fourth-order valence-corrected chi connectivity index (χ4v) is 4.06. The Morgan fingerprint density at radius 2 is 2.00 bits per heavy atom. The van der Waals surface area contributed by atoms with Crippen LogP contribution in [0.5, 0.6) is 5.75 Å². The average molecular weight is 273 g/mol. The van der Waals surface area contributed by atoms with Gasteiger partial charge in [-0.05, 0) is 37.6 Å². The number of methoxy groups -OCH3 is 1. The summed E-state index contributed by atoms with van der Waals surface area (Å²) in [6, 6.07) is 8.73. The van der Waals surface area contributed by atoms with Crippen LogP contribution >= 0.6 is 11.3 Å². The van der Waals surface area contributed by atoms with E-state index in [0.717, 1.165) is 12.3 Å². The zero-order valence-corrected chi connectivity index (χ0v) is 12.5. The summed E-state index contributed by atoms with van der Waals surface area (Å²) in [5.41, 5.74) is 1.31. The van der Waals surface area contributed by atoms with E-state index < -0.39 is 0 Å². The summed E-state index contributed by atoms with van der Waals surface area (Å²) >= 11 is 1.93. The largest absolute Gasteiger partial charge is 0.497 e. The Morgan fingerprint density at radius 3 is 2.68 bits per heavy atom. The second-order valence-electron chi connectivity index (χ2n) is 4.81. The molecule has 1 aromatic carbocycles. The first-order valence-corrected chi connectivity index (χ1v) is 7.68. The number of hydrogen-bond donors (Lipinski definition) is 0. The molecule has 0 amide bonds. The Morgan fingerprint density at radius 1 is 1.16 bits per heavy atom. The van der Waals surface area contributed by atoms with Crippen molar-refractivity contribution >= 4 is 32.5 Å². The van der Waals surface area contributed by atoms with Gasteiger partial charge < -0.3 is 9.30 Å². The molecule has 0 saturated heterocycles. The van der Waals surface area contributed by atoms with Crippen molar-refractivity contribution in [3.05, 3.63) is 29.1 Å². The number of aryl methyl sites for hydroxylation is 2. The minimum Gasteiger partial charge on any atom is -0.497 e. The molecule has 0 atom stereocenters. The molecule has 0 spiro atoms. The molecule has 0 unspecified atom stereocenters. The molecule has 3 aromatic rings. The van der Waals surface area contributed by atoms with Gasteiger partial charge in [0.1, 0.15) is 10.6 Å². The van der Waals surface area contributed by atoms with E-state index in [0.29, 0.717) is 0 Å². The molecule has 0 bridgehead atoms. The third kappa shape index (κ3) is 1.93. The minimum atomic E-state index is 0.936. The van der Waals surface area contributed by atoms with Crippen LogP contribution in [0.2, 0.25) is 0 Å². The van der Waals surface area contributed by atoms with E-state index in [1.54, 1.807) is 7.11 Å². The molecule has 19 heavy (non-hydrogen) atoms. The van der Waals surface area contributed by atoms with E-state index in [9.17, 15) is 0 Å². The number of nitrogens with zero attached hydrogens (tertiary/aromatic N) is 1. The molecule has 0 aliphatic heterocycles. The van der Waals surface area contributed by atoms with Crippen LogP contribution in [0.25, 0.3) is 21.1 Å². The monoisotopic (exact) mass is 273 g/mol. The Hall–Kier alpha value is -1.48. The van der Waals surface area contributed by atoms with Crippen LogP contribution in [-0.2, 0) is 13.0 Å². The number of benzene rings is 1. The summed E-state index contributed by atoms with van der Waals surface area (Å²) < 4.78 is 7.77. The molecular weight excluding hydrogens is 254 g/mol. The summed E-state index contributed by atoms with van der Waals surface area (Å²) in [7, 11) is 1.73. The Bertz CT molecular complexity index is 723. The number of ether oxygens (including phenoxy) is 1. The lowest BCUT2D eigenvalue weighted by Crippen LogP contribution is -1.91. The van der Waals surface area contributed by atoms with Crippen molar-refractivity contribution < 1.29 is 4.74 Å². The lowest BCUT2D eigenvalue weighted by atomic mass is 10.2. The van der Waals surface area contributed by atoms with Gasteiger partial charge >= 0.3 is 0 Å². The SMILES string of the molecule is CCCc1cc2c3cc(OC)ccc3n(CC)c2s1. The Labute approximate surface area is 117 Å². The average Bonchev–Trinajstić information content (AvgIpc) is 2.95. The summed E-state index contributed by atoms with van der Waals surface area (Å²) in [6.45, 7) is 5.46. The molecule has 0 aliphatic carbocycles. The van der Waals surface area contributed by atoms with E-state index in [1.165, 1.54) is 38.8 Å². The quantitative estimate of drug-likeness (QED) is 0.663. The van der Waals surface area contributed by atoms with Gasteiger partial charge in [-0.3, -0.25) is 0 Å². The van der Waals surface area contributed by atoms with Crippen LogP contribution in [0, 0.1) is 0 Å².